The van der Waals surface area contributed by atoms with Crippen molar-refractivity contribution < 1.29 is 18.7 Å². The molecule has 0 bridgehead atoms. The molecule has 0 radical (unpaired) electrons. The van der Waals surface area contributed by atoms with Gasteiger partial charge in [-0.3, -0.25) is 4.79 Å². The number of para-hydroxylation sites is 1. The molecule has 1 aliphatic carbocycles. The van der Waals surface area contributed by atoms with Crippen molar-refractivity contribution in [1.82, 2.24) is 9.88 Å². The molecule has 6 nitrogen and oxygen atoms in total. The number of pyridine rings is 1. The molecule has 6 heteroatoms. The third kappa shape index (κ3) is 4.05. The third-order valence-corrected chi connectivity index (χ3v) is 6.29. The molecule has 2 aromatic heterocycles. The van der Waals surface area contributed by atoms with Crippen LogP contribution in [-0.4, -0.2) is 41.5 Å². The zero-order chi connectivity index (χ0) is 21.9. The maximum atomic E-state index is 13.2. The highest BCUT2D eigenvalue weighted by Gasteiger charge is 2.28. The van der Waals surface area contributed by atoms with E-state index in [4.69, 9.17) is 14.1 Å². The van der Waals surface area contributed by atoms with E-state index in [1.54, 1.807) is 6.26 Å². The fourth-order valence-corrected chi connectivity index (χ4v) is 4.67. The van der Waals surface area contributed by atoms with Crippen LogP contribution in [0.3, 0.4) is 0 Å². The highest BCUT2D eigenvalue weighted by atomic mass is 16.5. The Labute approximate surface area is 186 Å². The van der Waals surface area contributed by atoms with Crippen molar-refractivity contribution in [3.63, 3.8) is 0 Å². The van der Waals surface area contributed by atoms with Crippen molar-refractivity contribution in [2.75, 3.05) is 19.7 Å². The second kappa shape index (κ2) is 8.99. The number of carbonyl (C=O) groups excluding carboxylic acids is 2. The first-order valence-corrected chi connectivity index (χ1v) is 11.3. The highest BCUT2D eigenvalue weighted by Crippen LogP contribution is 2.37. The summed E-state index contributed by atoms with van der Waals surface area (Å²) in [6, 6.07) is 11.3. The molecule has 0 saturated carbocycles. The number of aromatic nitrogens is 1. The molecule has 0 spiro atoms. The molecule has 0 N–H and O–H groups in total. The summed E-state index contributed by atoms with van der Waals surface area (Å²) in [5.41, 5.74) is 4.00. The zero-order valence-electron chi connectivity index (χ0n) is 18.0. The summed E-state index contributed by atoms with van der Waals surface area (Å²) in [7, 11) is 0. The number of furan rings is 1. The van der Waals surface area contributed by atoms with Crippen LogP contribution in [0.25, 0.3) is 22.6 Å². The second-order valence-corrected chi connectivity index (χ2v) is 8.39. The van der Waals surface area contributed by atoms with Crippen LogP contribution < -0.4 is 0 Å². The lowest BCUT2D eigenvalue weighted by atomic mass is 10.0. The van der Waals surface area contributed by atoms with E-state index in [0.29, 0.717) is 12.0 Å². The molecule has 32 heavy (non-hydrogen) atoms. The van der Waals surface area contributed by atoms with Gasteiger partial charge in [0.1, 0.15) is 5.76 Å². The number of carbonyl (C=O) groups is 2. The molecule has 3 aromatic rings. The SMILES string of the molecule is O=C(OCC(=O)N1CCCCCC1)c1c2c(nc3ccccc13)/C(=C/c1ccco1)CC2. The summed E-state index contributed by atoms with van der Waals surface area (Å²) >= 11 is 0. The summed E-state index contributed by atoms with van der Waals surface area (Å²) in [6.45, 7) is 1.26. The molecule has 1 aromatic carbocycles. The Morgan fingerprint density at radius 3 is 2.62 bits per heavy atom. The number of nitrogens with zero attached hydrogens (tertiary/aromatic N) is 2. The van der Waals surface area contributed by atoms with E-state index in [0.717, 1.165) is 78.7 Å². The number of allylic oxidation sites excluding steroid dienone is 1. The van der Waals surface area contributed by atoms with Crippen LogP contribution in [0.2, 0.25) is 0 Å². The quantitative estimate of drug-likeness (QED) is 0.552. The van der Waals surface area contributed by atoms with Crippen LogP contribution in [0, 0.1) is 0 Å². The van der Waals surface area contributed by atoms with Gasteiger partial charge in [0.05, 0.1) is 23.0 Å². The van der Waals surface area contributed by atoms with Gasteiger partial charge in [0, 0.05) is 18.5 Å². The number of hydrogen-bond acceptors (Lipinski definition) is 5. The van der Waals surface area contributed by atoms with E-state index in [1.165, 1.54) is 0 Å². The van der Waals surface area contributed by atoms with Crippen LogP contribution in [0.4, 0.5) is 0 Å². The normalized spacial score (nSPS) is 17.4. The van der Waals surface area contributed by atoms with E-state index in [-0.39, 0.29) is 12.5 Å². The minimum absolute atomic E-state index is 0.117. The molecule has 1 saturated heterocycles. The smallest absolute Gasteiger partial charge is 0.339 e. The van der Waals surface area contributed by atoms with E-state index in [1.807, 2.05) is 47.4 Å². The minimum atomic E-state index is -0.456. The lowest BCUT2D eigenvalue weighted by molar-refractivity contribution is -0.134. The largest absolute Gasteiger partial charge is 0.465 e. The van der Waals surface area contributed by atoms with Gasteiger partial charge in [0.2, 0.25) is 0 Å². The summed E-state index contributed by atoms with van der Waals surface area (Å²) in [5, 5.41) is 0.762. The lowest BCUT2D eigenvalue weighted by Crippen LogP contribution is -2.35. The topological polar surface area (TPSA) is 72.6 Å². The van der Waals surface area contributed by atoms with E-state index in [9.17, 15) is 9.59 Å². The predicted molar refractivity (Wildman–Crippen MR) is 122 cm³/mol. The Balaban J connectivity index is 1.44. The van der Waals surface area contributed by atoms with Crippen molar-refractivity contribution in [2.24, 2.45) is 0 Å². The van der Waals surface area contributed by atoms with Crippen molar-refractivity contribution in [1.29, 1.82) is 0 Å². The van der Waals surface area contributed by atoms with Crippen molar-refractivity contribution >= 4 is 34.4 Å². The Bertz CT molecular complexity index is 1170. The molecule has 1 aliphatic heterocycles. The van der Waals surface area contributed by atoms with Gasteiger partial charge >= 0.3 is 5.97 Å². The lowest BCUT2D eigenvalue weighted by Gasteiger charge is -2.20. The van der Waals surface area contributed by atoms with Crippen molar-refractivity contribution in [2.45, 2.75) is 38.5 Å². The standard InChI is InChI=1S/C26H26N2O4/c29-23(28-13-5-1-2-6-14-28)17-32-26(30)24-20-9-3-4-10-22(20)27-25-18(11-12-21(24)25)16-19-8-7-15-31-19/h3-4,7-10,15-16H,1-2,5-6,11-14,17H2/b18-16+. The van der Waals surface area contributed by atoms with Gasteiger partial charge in [-0.2, -0.15) is 0 Å². The number of esters is 1. The fraction of sp³-hybridized carbons (Fsp3) is 0.346. The summed E-state index contributed by atoms with van der Waals surface area (Å²) in [4.78, 5) is 32.5. The molecular weight excluding hydrogens is 404 g/mol. The third-order valence-electron chi connectivity index (χ3n) is 6.29. The number of benzene rings is 1. The zero-order valence-corrected chi connectivity index (χ0v) is 18.0. The van der Waals surface area contributed by atoms with E-state index in [2.05, 4.69) is 0 Å². The Hall–Kier alpha value is -3.41. The summed E-state index contributed by atoms with van der Waals surface area (Å²) in [5.74, 6) is 0.186. The molecular formula is C26H26N2O4. The van der Waals surface area contributed by atoms with Crippen LogP contribution in [-0.2, 0) is 16.0 Å². The molecule has 5 rings (SSSR count). The van der Waals surface area contributed by atoms with Crippen LogP contribution in [0.15, 0.2) is 47.1 Å². The molecule has 1 fully saturated rings. The summed E-state index contributed by atoms with van der Waals surface area (Å²) in [6.07, 6.45) is 9.39. The highest BCUT2D eigenvalue weighted by molar-refractivity contribution is 6.07. The molecule has 1 amide bonds. The number of likely N-dealkylation sites (tertiary alicyclic amines) is 1. The van der Waals surface area contributed by atoms with Crippen LogP contribution in [0.1, 0.15) is 59.5 Å². The van der Waals surface area contributed by atoms with Gasteiger partial charge in [0.15, 0.2) is 6.61 Å². The molecule has 0 unspecified atom stereocenters. The number of fused-ring (bicyclic) bond motifs is 2. The number of rotatable bonds is 4. The Kier molecular flexibility index (Phi) is 5.75. The predicted octanol–water partition coefficient (Wildman–Crippen LogP) is 4.87. The first kappa shape index (κ1) is 20.5. The molecule has 2 aliphatic rings. The Morgan fingerprint density at radius 2 is 1.84 bits per heavy atom. The molecule has 164 valence electrons. The maximum Gasteiger partial charge on any atom is 0.339 e. The summed E-state index contributed by atoms with van der Waals surface area (Å²) < 4.78 is 11.0. The van der Waals surface area contributed by atoms with Gasteiger partial charge in [-0.15, -0.1) is 0 Å². The number of ether oxygens (including phenoxy) is 1. The average Bonchev–Trinajstić information content (AvgIpc) is 3.38. The molecule has 3 heterocycles. The average molecular weight is 431 g/mol. The number of amides is 1. The van der Waals surface area contributed by atoms with Crippen molar-refractivity contribution in [3.05, 3.63) is 65.2 Å². The van der Waals surface area contributed by atoms with Crippen LogP contribution >= 0.6 is 0 Å². The first-order chi connectivity index (χ1) is 15.7. The first-order valence-electron chi connectivity index (χ1n) is 11.3. The van der Waals surface area contributed by atoms with E-state index >= 15 is 0 Å². The molecule has 0 atom stereocenters. The van der Waals surface area contributed by atoms with Gasteiger partial charge < -0.3 is 14.1 Å². The maximum absolute atomic E-state index is 13.2. The Morgan fingerprint density at radius 1 is 1.03 bits per heavy atom. The van der Waals surface area contributed by atoms with Gasteiger partial charge in [-0.05, 0) is 61.1 Å². The van der Waals surface area contributed by atoms with Crippen LogP contribution in [0.5, 0.6) is 0 Å². The fourth-order valence-electron chi connectivity index (χ4n) is 4.67. The van der Waals surface area contributed by atoms with Crippen molar-refractivity contribution in [3.8, 4) is 0 Å². The van der Waals surface area contributed by atoms with E-state index < -0.39 is 5.97 Å². The monoisotopic (exact) mass is 430 g/mol. The van der Waals surface area contributed by atoms with Gasteiger partial charge in [-0.25, -0.2) is 9.78 Å². The minimum Gasteiger partial charge on any atom is -0.465 e. The van der Waals surface area contributed by atoms with Gasteiger partial charge in [-0.1, -0.05) is 31.0 Å². The van der Waals surface area contributed by atoms with Gasteiger partial charge in [0.25, 0.3) is 5.91 Å². The second-order valence-electron chi connectivity index (χ2n) is 8.39. The number of hydrogen-bond donors (Lipinski definition) is 0.